The molecule has 3 aliphatic rings. The van der Waals surface area contributed by atoms with Crippen molar-refractivity contribution >= 4 is 5.69 Å². The molecule has 0 bridgehead atoms. The lowest BCUT2D eigenvalue weighted by Gasteiger charge is -2.29. The highest BCUT2D eigenvalue weighted by Crippen LogP contribution is 2.38. The van der Waals surface area contributed by atoms with Crippen LogP contribution in [0.3, 0.4) is 0 Å². The molecule has 1 atom stereocenters. The van der Waals surface area contributed by atoms with Gasteiger partial charge in [0.05, 0.1) is 5.69 Å². The maximum Gasteiger partial charge on any atom is 0.199 e. The third-order valence-corrected chi connectivity index (χ3v) is 6.28. The number of benzene rings is 1. The van der Waals surface area contributed by atoms with E-state index in [1.165, 1.54) is 61.7 Å². The first-order chi connectivity index (χ1) is 12.6. The van der Waals surface area contributed by atoms with Gasteiger partial charge in [0.25, 0.3) is 0 Å². The van der Waals surface area contributed by atoms with Crippen molar-refractivity contribution in [2.24, 2.45) is 10.2 Å². The van der Waals surface area contributed by atoms with E-state index in [9.17, 15) is 5.11 Å². The Hall–Kier alpha value is -1.74. The van der Waals surface area contributed by atoms with Crippen LogP contribution in [0.2, 0.25) is 0 Å². The first-order valence-corrected chi connectivity index (χ1v) is 10.3. The van der Waals surface area contributed by atoms with Crippen LogP contribution in [0.5, 0.6) is 0 Å². The Labute approximate surface area is 156 Å². The first-order valence-electron chi connectivity index (χ1n) is 10.3. The van der Waals surface area contributed by atoms with Crippen LogP contribution >= 0.6 is 0 Å². The molecule has 1 N–H and O–H groups in total. The fraction of sp³-hybridized carbons (Fsp3) is 0.565. The smallest absolute Gasteiger partial charge is 0.199 e. The minimum atomic E-state index is -1.18. The van der Waals surface area contributed by atoms with E-state index in [0.29, 0.717) is 12.3 Å². The third-order valence-electron chi connectivity index (χ3n) is 6.28. The Kier molecular flexibility index (Phi) is 5.08. The Morgan fingerprint density at radius 2 is 1.85 bits per heavy atom. The highest BCUT2D eigenvalue weighted by molar-refractivity contribution is 5.47. The lowest BCUT2D eigenvalue weighted by Crippen LogP contribution is -2.26. The number of azo groups is 1. The summed E-state index contributed by atoms with van der Waals surface area (Å²) in [6.07, 6.45) is 15.9. The molecule has 3 aliphatic carbocycles. The summed E-state index contributed by atoms with van der Waals surface area (Å²) in [5, 5.41) is 19.6. The number of hydrogen-bond donors (Lipinski definition) is 1. The number of nitrogens with zero attached hydrogens (tertiary/aromatic N) is 2. The van der Waals surface area contributed by atoms with Crippen molar-refractivity contribution in [3.8, 4) is 0 Å². The van der Waals surface area contributed by atoms with E-state index in [2.05, 4.69) is 41.4 Å². The molecule has 1 saturated carbocycles. The van der Waals surface area contributed by atoms with Gasteiger partial charge in [-0.15, -0.1) is 5.11 Å². The summed E-state index contributed by atoms with van der Waals surface area (Å²) in [6.45, 7) is 2.10. The molecule has 1 aromatic carbocycles. The standard InChI is InChI=1S/C23H30N2O/c1-17-15-20(18-7-3-2-4-8-18)11-12-22(17)24-25-23(26)14-13-19-9-5-6-10-21(19)16-23/h11-15,18,26H,2-10,16H2,1H3/b25-24+. The van der Waals surface area contributed by atoms with Crippen molar-refractivity contribution in [2.45, 2.75) is 82.8 Å². The highest BCUT2D eigenvalue weighted by atomic mass is 16.3. The molecule has 0 saturated heterocycles. The van der Waals surface area contributed by atoms with E-state index in [-0.39, 0.29) is 0 Å². The minimum Gasteiger partial charge on any atom is -0.364 e. The Bertz CT molecular complexity index is 755. The predicted octanol–water partition coefficient (Wildman–Crippen LogP) is 6.65. The van der Waals surface area contributed by atoms with Crippen LogP contribution in [0.1, 0.15) is 81.3 Å². The monoisotopic (exact) mass is 350 g/mol. The van der Waals surface area contributed by atoms with Gasteiger partial charge in [-0.1, -0.05) is 43.0 Å². The van der Waals surface area contributed by atoms with Gasteiger partial charge in [0.2, 0.25) is 0 Å². The molecule has 0 amide bonds. The molecular weight excluding hydrogens is 320 g/mol. The van der Waals surface area contributed by atoms with Crippen LogP contribution in [-0.4, -0.2) is 10.8 Å². The summed E-state index contributed by atoms with van der Waals surface area (Å²) in [4.78, 5) is 0. The van der Waals surface area contributed by atoms with Crippen LogP contribution in [-0.2, 0) is 0 Å². The SMILES string of the molecule is Cc1cc(C2CCCCC2)ccc1/N=N/C1(O)C=CC2=C(CCCC2)C1. The Balaban J connectivity index is 1.48. The van der Waals surface area contributed by atoms with Crippen molar-refractivity contribution < 1.29 is 5.11 Å². The summed E-state index contributed by atoms with van der Waals surface area (Å²) in [6, 6.07) is 6.55. The van der Waals surface area contributed by atoms with Crippen molar-refractivity contribution in [2.75, 3.05) is 0 Å². The van der Waals surface area contributed by atoms with Gasteiger partial charge < -0.3 is 5.11 Å². The number of hydrogen-bond acceptors (Lipinski definition) is 3. The fourth-order valence-corrected chi connectivity index (χ4v) is 4.69. The van der Waals surface area contributed by atoms with Crippen molar-refractivity contribution in [3.63, 3.8) is 0 Å². The molecule has 0 aliphatic heterocycles. The molecule has 26 heavy (non-hydrogen) atoms. The maximum absolute atomic E-state index is 10.8. The second kappa shape index (κ2) is 7.48. The number of rotatable bonds is 3. The van der Waals surface area contributed by atoms with Crippen LogP contribution < -0.4 is 0 Å². The number of allylic oxidation sites excluding steroid dienone is 2. The molecule has 3 nitrogen and oxygen atoms in total. The Morgan fingerprint density at radius 1 is 1.04 bits per heavy atom. The predicted molar refractivity (Wildman–Crippen MR) is 106 cm³/mol. The van der Waals surface area contributed by atoms with Gasteiger partial charge >= 0.3 is 0 Å². The molecule has 4 rings (SSSR count). The molecule has 1 fully saturated rings. The molecule has 1 unspecified atom stereocenters. The van der Waals surface area contributed by atoms with E-state index in [4.69, 9.17) is 0 Å². The fourth-order valence-electron chi connectivity index (χ4n) is 4.69. The molecule has 138 valence electrons. The van der Waals surface area contributed by atoms with Crippen LogP contribution in [0.25, 0.3) is 0 Å². The maximum atomic E-state index is 10.8. The lowest BCUT2D eigenvalue weighted by atomic mass is 9.83. The molecule has 0 heterocycles. The summed E-state index contributed by atoms with van der Waals surface area (Å²) >= 11 is 0. The van der Waals surface area contributed by atoms with Crippen LogP contribution in [0.4, 0.5) is 5.69 Å². The third kappa shape index (κ3) is 3.83. The summed E-state index contributed by atoms with van der Waals surface area (Å²) in [7, 11) is 0. The summed E-state index contributed by atoms with van der Waals surface area (Å²) in [5.41, 5.74) is 5.06. The topological polar surface area (TPSA) is 45.0 Å². The zero-order valence-electron chi connectivity index (χ0n) is 15.9. The molecule has 0 spiro atoms. The van der Waals surface area contributed by atoms with E-state index >= 15 is 0 Å². The van der Waals surface area contributed by atoms with Gasteiger partial charge in [0.1, 0.15) is 0 Å². The highest BCUT2D eigenvalue weighted by Gasteiger charge is 2.30. The Morgan fingerprint density at radius 3 is 2.65 bits per heavy atom. The van der Waals surface area contributed by atoms with E-state index in [1.54, 1.807) is 0 Å². The average molecular weight is 351 g/mol. The van der Waals surface area contributed by atoms with E-state index in [1.807, 2.05) is 6.08 Å². The van der Waals surface area contributed by atoms with Gasteiger partial charge in [-0.2, -0.15) is 5.11 Å². The second-order valence-electron chi connectivity index (χ2n) is 8.31. The number of aliphatic hydroxyl groups is 1. The zero-order chi connectivity index (χ0) is 18.0. The van der Waals surface area contributed by atoms with Gasteiger partial charge in [0, 0.05) is 6.42 Å². The van der Waals surface area contributed by atoms with Crippen LogP contribution in [0, 0.1) is 6.92 Å². The first kappa shape index (κ1) is 17.7. The lowest BCUT2D eigenvalue weighted by molar-refractivity contribution is 0.0902. The summed E-state index contributed by atoms with van der Waals surface area (Å²) < 4.78 is 0. The molecule has 0 radical (unpaired) electrons. The molecule has 1 aromatic rings. The second-order valence-corrected chi connectivity index (χ2v) is 8.31. The number of aryl methyl sites for hydroxylation is 1. The average Bonchev–Trinajstić information content (AvgIpc) is 2.67. The molecule has 0 aromatic heterocycles. The quantitative estimate of drug-likeness (QED) is 0.610. The van der Waals surface area contributed by atoms with Gasteiger partial charge in [-0.25, -0.2) is 0 Å². The van der Waals surface area contributed by atoms with Crippen LogP contribution in [0.15, 0.2) is 51.7 Å². The van der Waals surface area contributed by atoms with Gasteiger partial charge in [-0.05, 0) is 80.2 Å². The summed E-state index contributed by atoms with van der Waals surface area (Å²) in [5.74, 6) is 0.704. The van der Waals surface area contributed by atoms with Gasteiger partial charge in [-0.3, -0.25) is 0 Å². The normalized spacial score (nSPS) is 27.2. The van der Waals surface area contributed by atoms with E-state index < -0.39 is 5.72 Å². The van der Waals surface area contributed by atoms with Gasteiger partial charge in [0.15, 0.2) is 5.72 Å². The molecule has 3 heteroatoms. The van der Waals surface area contributed by atoms with Crippen molar-refractivity contribution in [1.29, 1.82) is 0 Å². The minimum absolute atomic E-state index is 0.599. The van der Waals surface area contributed by atoms with E-state index in [0.717, 1.165) is 24.1 Å². The molecular formula is C23H30N2O. The van der Waals surface area contributed by atoms with Crippen molar-refractivity contribution in [3.05, 3.63) is 52.6 Å². The largest absolute Gasteiger partial charge is 0.364 e. The van der Waals surface area contributed by atoms with Crippen molar-refractivity contribution in [1.82, 2.24) is 0 Å². The zero-order valence-corrected chi connectivity index (χ0v) is 15.9.